The predicted molar refractivity (Wildman–Crippen MR) is 152 cm³/mol. The fraction of sp³-hybridized carbons (Fsp3) is 0.414. The van der Waals surface area contributed by atoms with Crippen LogP contribution in [0.1, 0.15) is 38.3 Å². The number of hydrogen-bond donors (Lipinski definition) is 2. The molecule has 0 spiro atoms. The molecule has 1 atom stereocenters. The molecule has 1 aromatic heterocycles. The quantitative estimate of drug-likeness (QED) is 0.236. The van der Waals surface area contributed by atoms with Crippen LogP contribution in [0.2, 0.25) is 0 Å². The number of morpholine rings is 1. The summed E-state index contributed by atoms with van der Waals surface area (Å²) in [6, 6.07) is 18.9. The Labute approximate surface area is 227 Å². The molecule has 5 rings (SSSR count). The molecule has 2 aliphatic rings. The van der Waals surface area contributed by atoms with Gasteiger partial charge in [-0.15, -0.1) is 0 Å². The fourth-order valence-corrected chi connectivity index (χ4v) is 6.47. The molecule has 0 bridgehead atoms. The van der Waals surface area contributed by atoms with Crippen LogP contribution in [-0.4, -0.2) is 59.3 Å². The first-order valence-electron chi connectivity index (χ1n) is 13.2. The molecule has 2 N–H and O–H groups in total. The van der Waals surface area contributed by atoms with Gasteiger partial charge in [0.05, 0.1) is 19.3 Å². The summed E-state index contributed by atoms with van der Waals surface area (Å²) in [6.07, 6.45) is 3.64. The summed E-state index contributed by atoms with van der Waals surface area (Å²) >= 11 is 1.32. The van der Waals surface area contributed by atoms with Crippen LogP contribution in [0.4, 0.5) is 16.3 Å². The topological polar surface area (TPSA) is 96.8 Å². The van der Waals surface area contributed by atoms with E-state index in [9.17, 15) is 9.90 Å². The van der Waals surface area contributed by atoms with Gasteiger partial charge in [0.25, 0.3) is 0 Å². The van der Waals surface area contributed by atoms with E-state index in [1.54, 1.807) is 12.1 Å². The molecule has 2 heterocycles. The van der Waals surface area contributed by atoms with Crippen molar-refractivity contribution in [2.75, 3.05) is 42.3 Å². The average Bonchev–Trinajstić information content (AvgIpc) is 2.91. The van der Waals surface area contributed by atoms with Crippen molar-refractivity contribution in [2.24, 2.45) is 0 Å². The summed E-state index contributed by atoms with van der Waals surface area (Å²) in [5, 5.41) is 12.1. The van der Waals surface area contributed by atoms with Gasteiger partial charge in [0.15, 0.2) is 10.6 Å². The summed E-state index contributed by atoms with van der Waals surface area (Å²) in [6.45, 7) is 4.52. The van der Waals surface area contributed by atoms with E-state index >= 15 is 0 Å². The minimum Gasteiger partial charge on any atom is -0.410 e. The SMILES string of the molecule is C[C@H]1COCCN1c1cc(C2([SH+]CCCO)CCC2)nc(-c2ccc(NC(=O)Oc3ccccc3)cc2)n1. The third-order valence-electron chi connectivity index (χ3n) is 7.11. The number of carbonyl (C=O) groups is 1. The van der Waals surface area contributed by atoms with Gasteiger partial charge in [-0.2, -0.15) is 0 Å². The van der Waals surface area contributed by atoms with Crippen LogP contribution in [-0.2, 0) is 21.2 Å². The third kappa shape index (κ3) is 6.11. The largest absolute Gasteiger partial charge is 0.417 e. The van der Waals surface area contributed by atoms with Gasteiger partial charge in [-0.05, 0) is 61.5 Å². The number of ether oxygens (including phenoxy) is 2. The summed E-state index contributed by atoms with van der Waals surface area (Å²) in [5.41, 5.74) is 2.60. The van der Waals surface area contributed by atoms with Gasteiger partial charge in [-0.3, -0.25) is 5.32 Å². The minimum atomic E-state index is -0.542. The molecule has 1 saturated heterocycles. The van der Waals surface area contributed by atoms with Crippen LogP contribution in [0.5, 0.6) is 5.75 Å². The van der Waals surface area contributed by atoms with E-state index in [2.05, 4.69) is 23.2 Å². The Bertz CT molecular complexity index is 1220. The zero-order valence-electron chi connectivity index (χ0n) is 21.7. The van der Waals surface area contributed by atoms with Crippen LogP contribution in [0.15, 0.2) is 60.7 Å². The number of amides is 1. The summed E-state index contributed by atoms with van der Waals surface area (Å²) < 4.78 is 11.0. The number of nitrogens with one attached hydrogen (secondary N) is 1. The van der Waals surface area contributed by atoms with Gasteiger partial charge in [0, 0.05) is 49.7 Å². The second kappa shape index (κ2) is 12.1. The molecule has 0 unspecified atom stereocenters. The molecule has 3 aromatic rings. The van der Waals surface area contributed by atoms with Crippen molar-refractivity contribution in [1.29, 1.82) is 0 Å². The number of thiol groups is 1. The number of carbonyl (C=O) groups excluding carboxylic acids is 1. The molecular formula is C29H35N4O4S+. The van der Waals surface area contributed by atoms with Gasteiger partial charge < -0.3 is 19.5 Å². The van der Waals surface area contributed by atoms with E-state index in [4.69, 9.17) is 19.4 Å². The van der Waals surface area contributed by atoms with Gasteiger partial charge in [-0.1, -0.05) is 18.2 Å². The lowest BCUT2D eigenvalue weighted by Crippen LogP contribution is -2.45. The van der Waals surface area contributed by atoms with Crippen LogP contribution in [0, 0.1) is 0 Å². The van der Waals surface area contributed by atoms with Crippen molar-refractivity contribution in [3.63, 3.8) is 0 Å². The van der Waals surface area contributed by atoms with Crippen LogP contribution in [0.3, 0.4) is 0 Å². The Morgan fingerprint density at radius 3 is 2.66 bits per heavy atom. The van der Waals surface area contributed by atoms with Crippen LogP contribution in [0.25, 0.3) is 11.4 Å². The van der Waals surface area contributed by atoms with Crippen LogP contribution < -0.4 is 15.0 Å². The summed E-state index contributed by atoms with van der Waals surface area (Å²) in [4.78, 5) is 24.7. The lowest BCUT2D eigenvalue weighted by Gasteiger charge is -2.37. The zero-order valence-corrected chi connectivity index (χ0v) is 22.6. The molecule has 1 amide bonds. The lowest BCUT2D eigenvalue weighted by molar-refractivity contribution is 0.0985. The van der Waals surface area contributed by atoms with E-state index in [0.717, 1.165) is 48.6 Å². The number of aliphatic hydroxyl groups excluding tert-OH is 1. The highest BCUT2D eigenvalue weighted by Crippen LogP contribution is 2.45. The molecule has 0 radical (unpaired) electrons. The normalized spacial score (nSPS) is 18.5. The molecule has 1 aliphatic carbocycles. The molecule has 1 saturated carbocycles. The number of anilines is 2. The maximum atomic E-state index is 12.3. The zero-order chi connectivity index (χ0) is 26.4. The molecule has 38 heavy (non-hydrogen) atoms. The molecule has 2 fully saturated rings. The number of aliphatic hydroxyl groups is 1. The lowest BCUT2D eigenvalue weighted by atomic mass is 9.81. The Kier molecular flexibility index (Phi) is 8.46. The van der Waals surface area contributed by atoms with E-state index in [0.29, 0.717) is 30.5 Å². The number of rotatable bonds is 9. The Balaban J connectivity index is 1.40. The fourth-order valence-electron chi connectivity index (χ4n) is 4.83. The molecule has 2 aromatic carbocycles. The Hall–Kier alpha value is -3.14. The van der Waals surface area contributed by atoms with E-state index in [1.165, 1.54) is 18.2 Å². The third-order valence-corrected chi connectivity index (χ3v) is 8.93. The van der Waals surface area contributed by atoms with Crippen molar-refractivity contribution in [2.45, 2.75) is 43.4 Å². The number of aromatic nitrogens is 2. The smallest absolute Gasteiger partial charge is 0.410 e. The first kappa shape index (κ1) is 26.5. The molecule has 9 heteroatoms. The van der Waals surface area contributed by atoms with E-state index in [-0.39, 0.29) is 17.4 Å². The van der Waals surface area contributed by atoms with E-state index < -0.39 is 6.09 Å². The first-order chi connectivity index (χ1) is 18.6. The number of hydrogen-bond acceptors (Lipinski definition) is 7. The number of nitrogens with zero attached hydrogens (tertiary/aromatic N) is 3. The maximum Gasteiger partial charge on any atom is 0.417 e. The monoisotopic (exact) mass is 535 g/mol. The van der Waals surface area contributed by atoms with Gasteiger partial charge in [0.1, 0.15) is 23.0 Å². The maximum absolute atomic E-state index is 12.3. The molecular weight excluding hydrogens is 500 g/mol. The van der Waals surface area contributed by atoms with Gasteiger partial charge >= 0.3 is 6.09 Å². The van der Waals surface area contributed by atoms with Crippen molar-refractivity contribution < 1.29 is 19.4 Å². The van der Waals surface area contributed by atoms with Crippen molar-refractivity contribution in [3.8, 4) is 17.1 Å². The summed E-state index contributed by atoms with van der Waals surface area (Å²) in [5.74, 6) is 3.05. The second-order valence-corrected chi connectivity index (χ2v) is 11.4. The summed E-state index contributed by atoms with van der Waals surface area (Å²) in [7, 11) is 0. The molecule has 1 aliphatic heterocycles. The van der Waals surface area contributed by atoms with Crippen molar-refractivity contribution >= 4 is 29.4 Å². The number of para-hydroxylation sites is 1. The van der Waals surface area contributed by atoms with Gasteiger partial charge in [0.2, 0.25) is 0 Å². The molecule has 200 valence electrons. The second-order valence-electron chi connectivity index (χ2n) is 9.80. The minimum absolute atomic E-state index is 0.0137. The standard InChI is InChI=1S/C29H34N4O4S/c1-21-20-36-17-15-33(21)26-19-25(29(13-5-14-29)38-18-6-16-34)31-27(32-26)22-9-11-23(12-10-22)30-28(35)37-24-7-3-2-4-8-24/h2-4,7-12,19,21,34H,5-6,13-18,20H2,1H3,(H,30,35)/p+1/t21-/m0/s1. The van der Waals surface area contributed by atoms with Crippen molar-refractivity contribution in [3.05, 3.63) is 66.4 Å². The highest BCUT2D eigenvalue weighted by atomic mass is 32.2. The molecule has 8 nitrogen and oxygen atoms in total. The van der Waals surface area contributed by atoms with Crippen LogP contribution >= 0.6 is 0 Å². The highest BCUT2D eigenvalue weighted by molar-refractivity contribution is 7.79. The Morgan fingerprint density at radius 1 is 1.18 bits per heavy atom. The number of benzene rings is 2. The Morgan fingerprint density at radius 2 is 1.97 bits per heavy atom. The average molecular weight is 536 g/mol. The van der Waals surface area contributed by atoms with E-state index in [1.807, 2.05) is 42.5 Å². The predicted octanol–water partition coefficient (Wildman–Crippen LogP) is 4.56. The van der Waals surface area contributed by atoms with Crippen molar-refractivity contribution in [1.82, 2.24) is 9.97 Å². The van der Waals surface area contributed by atoms with Gasteiger partial charge in [-0.25, -0.2) is 14.8 Å². The first-order valence-corrected chi connectivity index (χ1v) is 14.3. The highest BCUT2D eigenvalue weighted by Gasteiger charge is 2.48.